The Balaban J connectivity index is 1.79. The van der Waals surface area contributed by atoms with E-state index in [-0.39, 0.29) is 18.6 Å². The summed E-state index contributed by atoms with van der Waals surface area (Å²) in [4.78, 5) is 58.3. The van der Waals surface area contributed by atoms with Gasteiger partial charge in [0.05, 0.1) is 6.67 Å². The molecule has 0 fully saturated rings. The van der Waals surface area contributed by atoms with E-state index in [2.05, 4.69) is 41.2 Å². The van der Waals surface area contributed by atoms with Crippen molar-refractivity contribution in [1.82, 2.24) is 30.6 Å². The number of rotatable bonds is 4. The van der Waals surface area contributed by atoms with E-state index in [4.69, 9.17) is 0 Å². The first-order chi connectivity index (χ1) is 11.8. The molecule has 0 aliphatic rings. The minimum Gasteiger partial charge on any atom is -0.329 e. The van der Waals surface area contributed by atoms with Gasteiger partial charge in [-0.25, -0.2) is 9.59 Å². The number of hydrogen-bond donors (Lipinski definition) is 6. The SMILES string of the molecule is Cc1cc(=O)nc(NC(=O)NCNC(=O)Nc2nc(=O)cc(C)[nH]2)[nH]1. The van der Waals surface area contributed by atoms with Gasteiger partial charge in [0, 0.05) is 23.5 Å². The normalized spacial score (nSPS) is 10.0. The molecule has 0 saturated heterocycles. The lowest BCUT2D eigenvalue weighted by Crippen LogP contribution is -2.41. The number of urea groups is 2. The van der Waals surface area contributed by atoms with Gasteiger partial charge < -0.3 is 20.6 Å². The summed E-state index contributed by atoms with van der Waals surface area (Å²) < 4.78 is 0. The molecule has 0 unspecified atom stereocenters. The molecule has 2 aromatic heterocycles. The minimum atomic E-state index is -0.684. The number of nitrogens with one attached hydrogen (secondary N) is 6. The predicted octanol–water partition coefficient (Wildman–Crippen LogP) is -0.629. The van der Waals surface area contributed by atoms with Crippen LogP contribution in [0.5, 0.6) is 0 Å². The number of amides is 4. The molecule has 12 nitrogen and oxygen atoms in total. The van der Waals surface area contributed by atoms with Crippen LogP contribution in [-0.4, -0.2) is 38.7 Å². The molecule has 12 heteroatoms. The van der Waals surface area contributed by atoms with E-state index in [0.717, 1.165) is 0 Å². The quantitative estimate of drug-likeness (QED) is 0.401. The predicted molar refractivity (Wildman–Crippen MR) is 88.4 cm³/mol. The number of aryl methyl sites for hydroxylation is 2. The van der Waals surface area contributed by atoms with Crippen LogP contribution in [0.15, 0.2) is 21.7 Å². The highest BCUT2D eigenvalue weighted by Gasteiger charge is 2.07. The molecule has 2 aromatic rings. The first kappa shape index (κ1) is 17.7. The molecule has 2 rings (SSSR count). The number of aromatic nitrogens is 4. The lowest BCUT2D eigenvalue weighted by molar-refractivity contribution is 0.246. The van der Waals surface area contributed by atoms with Gasteiger partial charge in [-0.05, 0) is 13.8 Å². The van der Waals surface area contributed by atoms with Crippen LogP contribution >= 0.6 is 0 Å². The van der Waals surface area contributed by atoms with Crippen LogP contribution in [0.25, 0.3) is 0 Å². The second kappa shape index (κ2) is 7.72. The summed E-state index contributed by atoms with van der Waals surface area (Å²) in [5.74, 6) is -0.0398. The third-order valence-electron chi connectivity index (χ3n) is 2.72. The van der Waals surface area contributed by atoms with E-state index < -0.39 is 23.2 Å². The lowest BCUT2D eigenvalue weighted by atomic mass is 10.4. The number of nitrogens with zero attached hydrogens (tertiary/aromatic N) is 2. The summed E-state index contributed by atoms with van der Waals surface area (Å²) >= 11 is 0. The Morgan fingerprint density at radius 1 is 0.880 bits per heavy atom. The number of carbonyl (C=O) groups is 2. The summed E-state index contributed by atoms with van der Waals surface area (Å²) in [6, 6.07) is 1.18. The summed E-state index contributed by atoms with van der Waals surface area (Å²) in [5, 5.41) is 9.29. The Morgan fingerprint density at radius 3 is 1.64 bits per heavy atom. The Labute approximate surface area is 140 Å². The minimum absolute atomic E-state index is 0.0199. The fourth-order valence-corrected chi connectivity index (χ4v) is 1.78. The van der Waals surface area contributed by atoms with E-state index in [9.17, 15) is 19.2 Å². The maximum Gasteiger partial charge on any atom is 0.322 e. The van der Waals surface area contributed by atoms with E-state index in [1.165, 1.54) is 12.1 Å². The molecule has 0 saturated carbocycles. The van der Waals surface area contributed by atoms with Crippen molar-refractivity contribution in [2.24, 2.45) is 0 Å². The number of anilines is 2. The van der Waals surface area contributed by atoms with Gasteiger partial charge >= 0.3 is 12.1 Å². The van der Waals surface area contributed by atoms with Crippen LogP contribution in [0.4, 0.5) is 21.5 Å². The second-order valence-electron chi connectivity index (χ2n) is 4.94. The average molecular weight is 348 g/mol. The van der Waals surface area contributed by atoms with E-state index in [1.54, 1.807) is 13.8 Å². The van der Waals surface area contributed by atoms with Crippen LogP contribution in [0, 0.1) is 13.8 Å². The molecule has 0 atom stereocenters. The summed E-state index contributed by atoms with van der Waals surface area (Å²) in [6.07, 6.45) is 0. The third kappa shape index (κ3) is 5.78. The zero-order valence-corrected chi connectivity index (χ0v) is 13.4. The first-order valence-corrected chi connectivity index (χ1v) is 7.07. The van der Waals surface area contributed by atoms with Crippen LogP contribution in [0.2, 0.25) is 0 Å². The fourth-order valence-electron chi connectivity index (χ4n) is 1.78. The highest BCUT2D eigenvalue weighted by molar-refractivity contribution is 5.89. The average Bonchev–Trinajstić information content (AvgIpc) is 2.44. The fraction of sp³-hybridized carbons (Fsp3) is 0.231. The molecule has 0 radical (unpaired) electrons. The Bertz CT molecular complexity index is 830. The van der Waals surface area contributed by atoms with Gasteiger partial charge in [-0.1, -0.05) is 0 Å². The summed E-state index contributed by atoms with van der Waals surface area (Å²) in [7, 11) is 0. The van der Waals surface area contributed by atoms with Crippen molar-refractivity contribution in [2.75, 3.05) is 17.3 Å². The van der Waals surface area contributed by atoms with E-state index in [1.807, 2.05) is 0 Å². The molecule has 2 heterocycles. The molecule has 25 heavy (non-hydrogen) atoms. The molecule has 0 spiro atoms. The maximum absolute atomic E-state index is 11.6. The topological polar surface area (TPSA) is 174 Å². The standard InChI is InChI=1S/C13H16N8O4/c1-6-3-8(22)18-10(16-6)20-12(24)14-5-15-13(25)21-11-17-7(2)4-9(23)19-11/h3-4H,5H2,1-2H3,(H3,14,16,18,20,22,24)(H3,15,17,19,21,23,25). The zero-order chi connectivity index (χ0) is 18.4. The lowest BCUT2D eigenvalue weighted by Gasteiger charge is -2.09. The van der Waals surface area contributed by atoms with Gasteiger partial charge in [-0.15, -0.1) is 0 Å². The van der Waals surface area contributed by atoms with E-state index >= 15 is 0 Å². The number of aromatic amines is 2. The van der Waals surface area contributed by atoms with Crippen LogP contribution in [0.1, 0.15) is 11.4 Å². The van der Waals surface area contributed by atoms with Crippen LogP contribution in [0.3, 0.4) is 0 Å². The highest BCUT2D eigenvalue weighted by Crippen LogP contribution is 1.96. The molecular formula is C13H16N8O4. The Hall–Kier alpha value is -3.70. The molecule has 0 aliphatic carbocycles. The Morgan fingerprint density at radius 2 is 1.28 bits per heavy atom. The van der Waals surface area contributed by atoms with E-state index in [0.29, 0.717) is 11.4 Å². The molecule has 0 aromatic carbocycles. The van der Waals surface area contributed by atoms with Gasteiger partial charge in [0.15, 0.2) is 0 Å². The van der Waals surface area contributed by atoms with Crippen LogP contribution in [-0.2, 0) is 0 Å². The molecule has 0 aliphatic heterocycles. The van der Waals surface area contributed by atoms with Gasteiger partial charge in [-0.3, -0.25) is 20.2 Å². The van der Waals surface area contributed by atoms with Crippen molar-refractivity contribution in [1.29, 1.82) is 0 Å². The number of carbonyl (C=O) groups excluding carboxylic acids is 2. The first-order valence-electron chi connectivity index (χ1n) is 7.07. The molecule has 6 N–H and O–H groups in total. The monoisotopic (exact) mass is 348 g/mol. The van der Waals surface area contributed by atoms with Gasteiger partial charge in [-0.2, -0.15) is 9.97 Å². The van der Waals surface area contributed by atoms with Gasteiger partial charge in [0.1, 0.15) is 0 Å². The molecule has 4 amide bonds. The van der Waals surface area contributed by atoms with Gasteiger partial charge in [0.2, 0.25) is 11.9 Å². The number of hydrogen-bond acceptors (Lipinski definition) is 6. The van der Waals surface area contributed by atoms with Crippen molar-refractivity contribution >= 4 is 24.0 Å². The second-order valence-corrected chi connectivity index (χ2v) is 4.94. The van der Waals surface area contributed by atoms with Gasteiger partial charge in [0.25, 0.3) is 11.1 Å². The van der Waals surface area contributed by atoms with Crippen molar-refractivity contribution < 1.29 is 9.59 Å². The largest absolute Gasteiger partial charge is 0.329 e. The highest BCUT2D eigenvalue weighted by atomic mass is 16.2. The van der Waals surface area contributed by atoms with Crippen LogP contribution < -0.4 is 32.4 Å². The Kier molecular flexibility index (Phi) is 5.45. The molecule has 132 valence electrons. The zero-order valence-electron chi connectivity index (χ0n) is 13.4. The van der Waals surface area contributed by atoms with Crippen molar-refractivity contribution in [3.63, 3.8) is 0 Å². The number of H-pyrrole nitrogens is 2. The maximum atomic E-state index is 11.6. The smallest absolute Gasteiger partial charge is 0.322 e. The summed E-state index contributed by atoms with van der Waals surface area (Å²) in [6.45, 7) is 3.06. The van der Waals surface area contributed by atoms with Crippen molar-refractivity contribution in [3.05, 3.63) is 44.2 Å². The van der Waals surface area contributed by atoms with Crippen molar-refractivity contribution in [3.8, 4) is 0 Å². The third-order valence-corrected chi connectivity index (χ3v) is 2.72. The molecular weight excluding hydrogens is 332 g/mol. The summed E-state index contributed by atoms with van der Waals surface area (Å²) in [5.41, 5.74) is 0.0762. The van der Waals surface area contributed by atoms with Crippen molar-refractivity contribution in [2.45, 2.75) is 13.8 Å². The molecule has 0 bridgehead atoms.